The van der Waals surface area contributed by atoms with Gasteiger partial charge in [0.05, 0.1) is 12.6 Å². The van der Waals surface area contributed by atoms with Crippen molar-refractivity contribution in [1.29, 1.82) is 0 Å². The highest BCUT2D eigenvalue weighted by Gasteiger charge is 2.22. The summed E-state index contributed by atoms with van der Waals surface area (Å²) >= 11 is 1.53. The summed E-state index contributed by atoms with van der Waals surface area (Å²) in [5.74, 6) is 0.918. The highest BCUT2D eigenvalue weighted by Crippen LogP contribution is 2.31. The first-order valence-electron chi connectivity index (χ1n) is 8.47. The topological polar surface area (TPSA) is 64.1 Å². The molecule has 0 spiro atoms. The van der Waals surface area contributed by atoms with Gasteiger partial charge in [-0.05, 0) is 38.2 Å². The number of hydrogen-bond donors (Lipinski definition) is 1. The van der Waals surface area contributed by atoms with E-state index in [0.717, 1.165) is 39.8 Å². The lowest BCUT2D eigenvalue weighted by Crippen LogP contribution is -2.32. The molecule has 3 rings (SSSR count). The Balaban J connectivity index is 1.63. The van der Waals surface area contributed by atoms with Crippen molar-refractivity contribution in [1.82, 2.24) is 15.3 Å². The van der Waals surface area contributed by atoms with E-state index in [1.807, 2.05) is 44.4 Å². The van der Waals surface area contributed by atoms with Crippen molar-refractivity contribution >= 4 is 17.7 Å². The summed E-state index contributed by atoms with van der Waals surface area (Å²) in [6.07, 6.45) is 3.85. The number of aryl methyl sites for hydroxylation is 2. The van der Waals surface area contributed by atoms with Crippen molar-refractivity contribution in [2.45, 2.75) is 44.3 Å². The summed E-state index contributed by atoms with van der Waals surface area (Å²) in [5, 5.41) is 3.92. The standard InChI is InChI=1S/C19H23N3O2S/c1-12-14(13(2)21-19(20-12)25-3)8-9-18(23)22-16-10-11-24-17-7-5-4-6-15(16)17/h4-7,16H,8-11H2,1-3H3,(H,22,23). The van der Waals surface area contributed by atoms with Crippen LogP contribution < -0.4 is 10.1 Å². The Bertz CT molecular complexity index is 756. The molecular formula is C19H23N3O2S. The van der Waals surface area contributed by atoms with E-state index in [1.54, 1.807) is 0 Å². The van der Waals surface area contributed by atoms with E-state index in [0.29, 0.717) is 19.4 Å². The van der Waals surface area contributed by atoms with E-state index in [4.69, 9.17) is 4.74 Å². The third kappa shape index (κ3) is 4.12. The van der Waals surface area contributed by atoms with Crippen LogP contribution in [-0.4, -0.2) is 28.7 Å². The van der Waals surface area contributed by atoms with Gasteiger partial charge >= 0.3 is 0 Å². The number of fused-ring (bicyclic) bond motifs is 1. The van der Waals surface area contributed by atoms with Gasteiger partial charge in [-0.3, -0.25) is 4.79 Å². The second-order valence-electron chi connectivity index (χ2n) is 6.15. The van der Waals surface area contributed by atoms with Crippen LogP contribution in [-0.2, 0) is 11.2 Å². The van der Waals surface area contributed by atoms with Crippen LogP contribution in [0.15, 0.2) is 29.4 Å². The predicted molar refractivity (Wildman–Crippen MR) is 99.0 cm³/mol. The number of ether oxygens (including phenoxy) is 1. The Morgan fingerprint density at radius 3 is 2.72 bits per heavy atom. The second kappa shape index (κ2) is 7.87. The molecule has 6 heteroatoms. The Morgan fingerprint density at radius 1 is 1.28 bits per heavy atom. The van der Waals surface area contributed by atoms with Gasteiger partial charge in [-0.25, -0.2) is 9.97 Å². The van der Waals surface area contributed by atoms with Gasteiger partial charge in [-0.2, -0.15) is 0 Å². The minimum atomic E-state index is 0.0229. The molecule has 1 aliphatic heterocycles. The zero-order valence-electron chi connectivity index (χ0n) is 14.8. The lowest BCUT2D eigenvalue weighted by Gasteiger charge is -2.26. The van der Waals surface area contributed by atoms with E-state index >= 15 is 0 Å². The van der Waals surface area contributed by atoms with Gasteiger partial charge in [0, 0.05) is 29.8 Å². The SMILES string of the molecule is CSc1nc(C)c(CCC(=O)NC2CCOc3ccccc32)c(C)n1. The quantitative estimate of drug-likeness (QED) is 0.656. The Morgan fingerprint density at radius 2 is 2.00 bits per heavy atom. The van der Waals surface area contributed by atoms with Gasteiger partial charge in [0.15, 0.2) is 5.16 Å². The van der Waals surface area contributed by atoms with E-state index in [2.05, 4.69) is 15.3 Å². The van der Waals surface area contributed by atoms with Crippen molar-refractivity contribution in [3.63, 3.8) is 0 Å². The van der Waals surface area contributed by atoms with Crippen LogP contribution in [0.4, 0.5) is 0 Å². The maximum atomic E-state index is 12.4. The molecule has 1 N–H and O–H groups in total. The first-order chi connectivity index (χ1) is 12.1. The Hall–Kier alpha value is -2.08. The molecule has 2 aromatic rings. The zero-order chi connectivity index (χ0) is 17.8. The van der Waals surface area contributed by atoms with Gasteiger partial charge in [0.25, 0.3) is 0 Å². The number of carbonyl (C=O) groups is 1. The third-order valence-corrected chi connectivity index (χ3v) is 5.03. The smallest absolute Gasteiger partial charge is 0.220 e. The summed E-state index contributed by atoms with van der Waals surface area (Å²) in [7, 11) is 0. The first kappa shape index (κ1) is 17.7. The molecule has 0 saturated carbocycles. The molecule has 1 aromatic heterocycles. The Kier molecular flexibility index (Phi) is 5.58. The van der Waals surface area contributed by atoms with Crippen LogP contribution in [0.3, 0.4) is 0 Å². The van der Waals surface area contributed by atoms with E-state index in [1.165, 1.54) is 11.8 Å². The van der Waals surface area contributed by atoms with Gasteiger partial charge in [-0.1, -0.05) is 30.0 Å². The summed E-state index contributed by atoms with van der Waals surface area (Å²) in [5.41, 5.74) is 4.05. The predicted octanol–water partition coefficient (Wildman–Crippen LogP) is 3.39. The number of nitrogens with zero attached hydrogens (tertiary/aromatic N) is 2. The average molecular weight is 357 g/mol. The molecule has 1 atom stereocenters. The lowest BCUT2D eigenvalue weighted by molar-refractivity contribution is -0.122. The van der Waals surface area contributed by atoms with Crippen molar-refractivity contribution in [3.05, 3.63) is 46.8 Å². The molecule has 25 heavy (non-hydrogen) atoms. The van der Waals surface area contributed by atoms with Gasteiger partial charge in [0.2, 0.25) is 5.91 Å². The lowest BCUT2D eigenvalue weighted by atomic mass is 10.00. The van der Waals surface area contributed by atoms with Gasteiger partial charge in [0.1, 0.15) is 5.75 Å². The van der Waals surface area contributed by atoms with E-state index in [-0.39, 0.29) is 11.9 Å². The van der Waals surface area contributed by atoms with Crippen molar-refractivity contribution in [2.75, 3.05) is 12.9 Å². The zero-order valence-corrected chi connectivity index (χ0v) is 15.7. The summed E-state index contributed by atoms with van der Waals surface area (Å²) in [6, 6.07) is 7.92. The number of carbonyl (C=O) groups excluding carboxylic acids is 1. The molecular weight excluding hydrogens is 334 g/mol. The van der Waals surface area contributed by atoms with Gasteiger partial charge in [-0.15, -0.1) is 0 Å². The fraction of sp³-hybridized carbons (Fsp3) is 0.421. The highest BCUT2D eigenvalue weighted by atomic mass is 32.2. The average Bonchev–Trinajstić information content (AvgIpc) is 2.61. The largest absolute Gasteiger partial charge is 0.493 e. The summed E-state index contributed by atoms with van der Waals surface area (Å²) < 4.78 is 5.65. The number of benzene rings is 1. The molecule has 0 aliphatic carbocycles. The minimum Gasteiger partial charge on any atom is -0.493 e. The number of para-hydroxylation sites is 1. The monoisotopic (exact) mass is 357 g/mol. The second-order valence-corrected chi connectivity index (χ2v) is 6.93. The van der Waals surface area contributed by atoms with Crippen molar-refractivity contribution in [3.8, 4) is 5.75 Å². The molecule has 0 saturated heterocycles. The Labute approximate surface area is 152 Å². The molecule has 1 aromatic carbocycles. The third-order valence-electron chi connectivity index (χ3n) is 4.48. The number of hydrogen-bond acceptors (Lipinski definition) is 5. The minimum absolute atomic E-state index is 0.0229. The molecule has 5 nitrogen and oxygen atoms in total. The van der Waals surface area contributed by atoms with Crippen LogP contribution >= 0.6 is 11.8 Å². The normalized spacial score (nSPS) is 16.0. The molecule has 2 heterocycles. The molecule has 1 aliphatic rings. The van der Waals surface area contributed by atoms with Gasteiger partial charge < -0.3 is 10.1 Å². The molecule has 0 radical (unpaired) electrons. The van der Waals surface area contributed by atoms with Crippen molar-refractivity contribution in [2.24, 2.45) is 0 Å². The van der Waals surface area contributed by atoms with Crippen molar-refractivity contribution < 1.29 is 9.53 Å². The molecule has 1 amide bonds. The van der Waals surface area contributed by atoms with E-state index < -0.39 is 0 Å². The van der Waals surface area contributed by atoms with Crippen LogP contribution in [0.25, 0.3) is 0 Å². The maximum Gasteiger partial charge on any atom is 0.220 e. The molecule has 132 valence electrons. The van der Waals surface area contributed by atoms with Crippen LogP contribution in [0.2, 0.25) is 0 Å². The number of rotatable bonds is 5. The molecule has 1 unspecified atom stereocenters. The highest BCUT2D eigenvalue weighted by molar-refractivity contribution is 7.98. The fourth-order valence-electron chi connectivity index (χ4n) is 3.16. The maximum absolute atomic E-state index is 12.4. The van der Waals surface area contributed by atoms with Crippen LogP contribution in [0.1, 0.15) is 41.4 Å². The number of amides is 1. The van der Waals surface area contributed by atoms with Crippen LogP contribution in [0.5, 0.6) is 5.75 Å². The molecule has 0 fully saturated rings. The number of nitrogens with one attached hydrogen (secondary N) is 1. The number of aromatic nitrogens is 2. The van der Waals surface area contributed by atoms with Crippen LogP contribution in [0, 0.1) is 13.8 Å². The number of thioether (sulfide) groups is 1. The summed E-state index contributed by atoms with van der Waals surface area (Å²) in [6.45, 7) is 4.59. The summed E-state index contributed by atoms with van der Waals surface area (Å²) in [4.78, 5) is 21.4. The van der Waals surface area contributed by atoms with E-state index in [9.17, 15) is 4.79 Å². The first-order valence-corrected chi connectivity index (χ1v) is 9.70. The fourth-order valence-corrected chi connectivity index (χ4v) is 3.62. The molecule has 0 bridgehead atoms.